The molecule has 0 radical (unpaired) electrons. The van der Waals surface area contributed by atoms with Crippen molar-refractivity contribution in [3.8, 4) is 0 Å². The van der Waals surface area contributed by atoms with Gasteiger partial charge >= 0.3 is 74.6 Å². The van der Waals surface area contributed by atoms with Crippen LogP contribution in [0.15, 0.2) is 33.6 Å². The molecule has 0 atom stereocenters. The van der Waals surface area contributed by atoms with Gasteiger partial charge in [0.05, 0.1) is 0 Å². The summed E-state index contributed by atoms with van der Waals surface area (Å²) in [5.41, 5.74) is 0. The standard InChI is InChI=1S/C6H5BrS.Cu/c7-5-1-3-6(8)4-2-5;/h1-4,8H;/q;+1/p-1. The molecule has 0 amide bonds. The van der Waals surface area contributed by atoms with Crippen molar-refractivity contribution in [2.24, 2.45) is 0 Å². The van der Waals surface area contributed by atoms with Gasteiger partial charge in [-0.25, -0.2) is 0 Å². The first-order valence-electron chi connectivity index (χ1n) is 2.34. The molecule has 9 heavy (non-hydrogen) atoms. The number of rotatable bonds is 1. The van der Waals surface area contributed by atoms with Crippen LogP contribution in [0.2, 0.25) is 0 Å². The van der Waals surface area contributed by atoms with Gasteiger partial charge in [-0.05, 0) is 0 Å². The second-order valence-corrected chi connectivity index (χ2v) is 3.60. The molecule has 0 aliphatic carbocycles. The Morgan fingerprint density at radius 1 is 1.22 bits per heavy atom. The van der Waals surface area contributed by atoms with Crippen molar-refractivity contribution < 1.29 is 14.9 Å². The fourth-order valence-electron chi connectivity index (χ4n) is 0.476. The van der Waals surface area contributed by atoms with Gasteiger partial charge in [-0.2, -0.15) is 0 Å². The maximum absolute atomic E-state index is 4.90. The first-order chi connectivity index (χ1) is 4.33. The molecule has 0 spiro atoms. The third-order valence-corrected chi connectivity index (χ3v) is 2.49. The van der Waals surface area contributed by atoms with Crippen LogP contribution in [0.3, 0.4) is 0 Å². The van der Waals surface area contributed by atoms with Crippen molar-refractivity contribution >= 4 is 26.1 Å². The summed E-state index contributed by atoms with van der Waals surface area (Å²) in [5.74, 6) is 0. The molecule has 52 valence electrons. The minimum atomic E-state index is 1.09. The molecular formula is C6H4BrCuS. The summed E-state index contributed by atoms with van der Waals surface area (Å²) in [5, 5.41) is 0. The van der Waals surface area contributed by atoms with E-state index in [0.717, 1.165) is 9.37 Å². The van der Waals surface area contributed by atoms with Crippen LogP contribution < -0.4 is 0 Å². The van der Waals surface area contributed by atoms with E-state index in [9.17, 15) is 0 Å². The van der Waals surface area contributed by atoms with E-state index in [1.807, 2.05) is 24.3 Å². The van der Waals surface area contributed by atoms with Crippen molar-refractivity contribution in [3.63, 3.8) is 0 Å². The molecule has 0 saturated heterocycles. The molecular weight excluding hydrogens is 248 g/mol. The Morgan fingerprint density at radius 3 is 2.22 bits per heavy atom. The van der Waals surface area contributed by atoms with E-state index in [0.29, 0.717) is 0 Å². The van der Waals surface area contributed by atoms with E-state index in [1.165, 1.54) is 10.2 Å². The van der Waals surface area contributed by atoms with E-state index in [4.69, 9.17) is 14.9 Å². The topological polar surface area (TPSA) is 0 Å². The molecule has 3 heteroatoms. The second kappa shape index (κ2) is 3.67. The third-order valence-electron chi connectivity index (χ3n) is 0.885. The van der Waals surface area contributed by atoms with Crippen LogP contribution in [0.4, 0.5) is 0 Å². The minimum absolute atomic E-state index is 1.09. The van der Waals surface area contributed by atoms with Gasteiger partial charge in [0.2, 0.25) is 0 Å². The van der Waals surface area contributed by atoms with Crippen LogP contribution in [-0.2, 0) is 14.9 Å². The van der Waals surface area contributed by atoms with Gasteiger partial charge in [0.15, 0.2) is 0 Å². The van der Waals surface area contributed by atoms with E-state index in [2.05, 4.69) is 15.9 Å². The molecule has 0 aromatic heterocycles. The van der Waals surface area contributed by atoms with Crippen molar-refractivity contribution in [1.29, 1.82) is 0 Å². The van der Waals surface area contributed by atoms with Crippen molar-refractivity contribution in [2.75, 3.05) is 0 Å². The fourth-order valence-corrected chi connectivity index (χ4v) is 1.34. The van der Waals surface area contributed by atoms with Crippen LogP contribution in [0.5, 0.6) is 0 Å². The van der Waals surface area contributed by atoms with Crippen LogP contribution in [0.25, 0.3) is 0 Å². The summed E-state index contributed by atoms with van der Waals surface area (Å²) in [4.78, 5) is 1.11. The quantitative estimate of drug-likeness (QED) is 0.692. The van der Waals surface area contributed by atoms with Crippen molar-refractivity contribution in [2.45, 2.75) is 4.90 Å². The normalized spacial score (nSPS) is 9.67. The van der Waals surface area contributed by atoms with Gasteiger partial charge < -0.3 is 0 Å². The zero-order chi connectivity index (χ0) is 6.69. The van der Waals surface area contributed by atoms with Gasteiger partial charge in [-0.3, -0.25) is 0 Å². The second-order valence-electron chi connectivity index (χ2n) is 1.52. The molecule has 0 fully saturated rings. The van der Waals surface area contributed by atoms with E-state index in [1.54, 1.807) is 0 Å². The van der Waals surface area contributed by atoms with Crippen molar-refractivity contribution in [1.82, 2.24) is 0 Å². The third kappa shape index (κ3) is 2.34. The summed E-state index contributed by atoms with van der Waals surface area (Å²) in [7, 11) is 1.32. The van der Waals surface area contributed by atoms with Gasteiger partial charge in [0.25, 0.3) is 0 Å². The summed E-state index contributed by atoms with van der Waals surface area (Å²) >= 11 is 8.23. The average Bonchev–Trinajstić information content (AvgIpc) is 1.90. The SMILES string of the molecule is [Cu][S]c1ccc(Br)cc1. The molecule has 1 aromatic rings. The predicted octanol–water partition coefficient (Wildman–Crippen LogP) is 3.00. The van der Waals surface area contributed by atoms with Gasteiger partial charge in [0, 0.05) is 0 Å². The Hall–Kier alpha value is 0.569. The number of hydrogen-bond donors (Lipinski definition) is 0. The maximum atomic E-state index is 4.90. The van der Waals surface area contributed by atoms with Crippen LogP contribution in [-0.4, -0.2) is 0 Å². The molecule has 0 aliphatic heterocycles. The molecule has 1 aromatic carbocycles. The van der Waals surface area contributed by atoms with Crippen molar-refractivity contribution in [3.05, 3.63) is 28.7 Å². The number of halogens is 1. The first-order valence-corrected chi connectivity index (χ1v) is 4.94. The number of benzene rings is 1. The summed E-state index contributed by atoms with van der Waals surface area (Å²) in [6.07, 6.45) is 0. The zero-order valence-corrected chi connectivity index (χ0v) is 7.74. The Labute approximate surface area is 74.4 Å². The summed E-state index contributed by atoms with van der Waals surface area (Å²) in [6.45, 7) is 0. The van der Waals surface area contributed by atoms with E-state index >= 15 is 0 Å². The monoisotopic (exact) mass is 250 g/mol. The van der Waals surface area contributed by atoms with Crippen LogP contribution in [0, 0.1) is 0 Å². The molecule has 1 rings (SSSR count). The molecule has 0 N–H and O–H groups in total. The van der Waals surface area contributed by atoms with E-state index < -0.39 is 0 Å². The molecule has 0 unspecified atom stereocenters. The zero-order valence-electron chi connectivity index (χ0n) is 4.40. The van der Waals surface area contributed by atoms with Gasteiger partial charge in [0.1, 0.15) is 0 Å². The Bertz CT molecular complexity index is 185. The fraction of sp³-hybridized carbons (Fsp3) is 0. The summed E-state index contributed by atoms with van der Waals surface area (Å²) in [6, 6.07) is 7.92. The average molecular weight is 252 g/mol. The van der Waals surface area contributed by atoms with Crippen LogP contribution >= 0.6 is 26.1 Å². The molecule has 0 heterocycles. The van der Waals surface area contributed by atoms with E-state index in [-0.39, 0.29) is 0 Å². The van der Waals surface area contributed by atoms with Gasteiger partial charge in [-0.15, -0.1) is 0 Å². The Morgan fingerprint density at radius 2 is 1.78 bits per heavy atom. The molecule has 0 aliphatic rings. The molecule has 0 bridgehead atoms. The van der Waals surface area contributed by atoms with Gasteiger partial charge in [-0.1, -0.05) is 0 Å². The predicted molar refractivity (Wildman–Crippen MR) is 40.0 cm³/mol. The first kappa shape index (κ1) is 7.67. The van der Waals surface area contributed by atoms with Crippen LogP contribution in [0.1, 0.15) is 0 Å². The molecule has 0 nitrogen and oxygen atoms in total. The number of hydrogen-bond acceptors (Lipinski definition) is 1. The summed E-state index contributed by atoms with van der Waals surface area (Å²) < 4.78 is 1.09. The Balaban J connectivity index is 2.88. The molecule has 0 saturated carbocycles. The Kier molecular flexibility index (Phi) is 3.13.